The third-order valence-corrected chi connectivity index (χ3v) is 1.76. The third-order valence-electron chi connectivity index (χ3n) is 1.76. The Kier molecular flexibility index (Phi) is 7.23. The summed E-state index contributed by atoms with van der Waals surface area (Å²) in [7, 11) is 1.70. The maximum absolute atomic E-state index is 9.25. The van der Waals surface area contributed by atoms with Gasteiger partial charge in [-0.2, -0.15) is 0 Å². The van der Waals surface area contributed by atoms with Crippen molar-refractivity contribution in [1.29, 1.82) is 0 Å². The molecule has 0 unspecified atom stereocenters. The zero-order valence-electron chi connectivity index (χ0n) is 9.29. The van der Waals surface area contributed by atoms with Crippen LogP contribution >= 0.6 is 0 Å². The largest absolute Gasteiger partial charge is 0.392 e. The second-order valence-electron chi connectivity index (χ2n) is 4.00. The molecule has 0 rings (SSSR count). The normalized spacial score (nSPS) is 14.1. The van der Waals surface area contributed by atoms with Crippen molar-refractivity contribution in [2.45, 2.75) is 26.9 Å². The lowest BCUT2D eigenvalue weighted by molar-refractivity contribution is 0.0912. The van der Waals surface area contributed by atoms with Gasteiger partial charge in [0.2, 0.25) is 0 Å². The number of hydrogen-bond acceptors (Lipinski definition) is 3. The summed E-state index contributed by atoms with van der Waals surface area (Å²) < 4.78 is 5.01. The van der Waals surface area contributed by atoms with Crippen molar-refractivity contribution < 1.29 is 9.84 Å². The van der Waals surface area contributed by atoms with Gasteiger partial charge in [-0.1, -0.05) is 13.8 Å². The molecule has 80 valence electrons. The molecule has 13 heavy (non-hydrogen) atoms. The minimum Gasteiger partial charge on any atom is -0.392 e. The summed E-state index contributed by atoms with van der Waals surface area (Å²) >= 11 is 0. The Morgan fingerprint density at radius 1 is 1.23 bits per heavy atom. The Morgan fingerprint density at radius 3 is 2.23 bits per heavy atom. The van der Waals surface area contributed by atoms with E-state index in [0.29, 0.717) is 5.92 Å². The summed E-state index contributed by atoms with van der Waals surface area (Å²) in [6, 6.07) is 0. The van der Waals surface area contributed by atoms with E-state index >= 15 is 0 Å². The highest BCUT2D eigenvalue weighted by molar-refractivity contribution is 4.62. The average molecular weight is 189 g/mol. The molecule has 0 fully saturated rings. The molecule has 1 N–H and O–H groups in total. The molecule has 3 heteroatoms. The molecule has 0 saturated heterocycles. The fourth-order valence-corrected chi connectivity index (χ4v) is 1.37. The Labute approximate surface area is 81.7 Å². The van der Waals surface area contributed by atoms with Crippen molar-refractivity contribution in [3.8, 4) is 0 Å². The van der Waals surface area contributed by atoms with Gasteiger partial charge in [0.25, 0.3) is 0 Å². The number of nitrogens with zero attached hydrogens (tertiary/aromatic N) is 1. The fraction of sp³-hybridized carbons (Fsp3) is 1.00. The van der Waals surface area contributed by atoms with Crippen molar-refractivity contribution in [1.82, 2.24) is 4.90 Å². The van der Waals surface area contributed by atoms with Crippen LogP contribution in [0.2, 0.25) is 0 Å². The molecule has 1 atom stereocenters. The van der Waals surface area contributed by atoms with Crippen LogP contribution in [0.1, 0.15) is 20.8 Å². The summed E-state index contributed by atoms with van der Waals surface area (Å²) in [6.45, 7) is 9.58. The molecular formula is C10H23NO2. The van der Waals surface area contributed by atoms with E-state index in [9.17, 15) is 5.11 Å². The van der Waals surface area contributed by atoms with E-state index < -0.39 is 0 Å². The average Bonchev–Trinajstić information content (AvgIpc) is 1.98. The molecule has 0 aliphatic rings. The quantitative estimate of drug-likeness (QED) is 0.648. The molecule has 0 saturated carbocycles. The molecule has 0 aromatic heterocycles. The minimum atomic E-state index is -0.254. The Balaban J connectivity index is 3.73. The third kappa shape index (κ3) is 8.22. The van der Waals surface area contributed by atoms with Gasteiger partial charge in [0, 0.05) is 26.7 Å². The first kappa shape index (κ1) is 12.9. The van der Waals surface area contributed by atoms with Crippen LogP contribution in [0.3, 0.4) is 0 Å². The molecule has 0 heterocycles. The van der Waals surface area contributed by atoms with Crippen molar-refractivity contribution in [3.05, 3.63) is 0 Å². The van der Waals surface area contributed by atoms with Crippen LogP contribution in [-0.4, -0.2) is 49.5 Å². The SMILES string of the molecule is COCCN(CC(C)C)C[C@H](C)O. The molecule has 0 aliphatic heterocycles. The fourth-order valence-electron chi connectivity index (χ4n) is 1.37. The van der Waals surface area contributed by atoms with Gasteiger partial charge in [0.15, 0.2) is 0 Å². The number of methoxy groups -OCH3 is 1. The van der Waals surface area contributed by atoms with Crippen molar-refractivity contribution in [3.63, 3.8) is 0 Å². The lowest BCUT2D eigenvalue weighted by atomic mass is 10.2. The van der Waals surface area contributed by atoms with Gasteiger partial charge in [0.1, 0.15) is 0 Å². The molecule has 0 aliphatic carbocycles. The standard InChI is InChI=1S/C10H23NO2/c1-9(2)7-11(5-6-13-4)8-10(3)12/h9-10,12H,5-8H2,1-4H3/t10-/m0/s1. The highest BCUT2D eigenvalue weighted by Crippen LogP contribution is 1.99. The zero-order valence-corrected chi connectivity index (χ0v) is 9.29. The number of aliphatic hydroxyl groups is 1. The van der Waals surface area contributed by atoms with Crippen LogP contribution in [0.5, 0.6) is 0 Å². The van der Waals surface area contributed by atoms with Crippen molar-refractivity contribution >= 4 is 0 Å². The molecule has 0 amide bonds. The second kappa shape index (κ2) is 7.30. The smallest absolute Gasteiger partial charge is 0.0639 e. The topological polar surface area (TPSA) is 32.7 Å². The number of aliphatic hydroxyl groups excluding tert-OH is 1. The van der Waals surface area contributed by atoms with E-state index in [1.54, 1.807) is 7.11 Å². The highest BCUT2D eigenvalue weighted by Gasteiger charge is 2.09. The van der Waals surface area contributed by atoms with Gasteiger partial charge >= 0.3 is 0 Å². The van der Waals surface area contributed by atoms with Crippen LogP contribution in [0, 0.1) is 5.92 Å². The van der Waals surface area contributed by atoms with Crippen LogP contribution in [-0.2, 0) is 4.74 Å². The number of ether oxygens (including phenoxy) is 1. The first-order valence-electron chi connectivity index (χ1n) is 4.95. The van der Waals surface area contributed by atoms with Gasteiger partial charge in [-0.05, 0) is 12.8 Å². The second-order valence-corrected chi connectivity index (χ2v) is 4.00. The monoisotopic (exact) mass is 189 g/mol. The molecule has 0 radical (unpaired) electrons. The van der Waals surface area contributed by atoms with Crippen LogP contribution in [0.15, 0.2) is 0 Å². The van der Waals surface area contributed by atoms with Crippen molar-refractivity contribution in [2.24, 2.45) is 5.92 Å². The maximum atomic E-state index is 9.25. The minimum absolute atomic E-state index is 0.254. The molecule has 3 nitrogen and oxygen atoms in total. The predicted octanol–water partition coefficient (Wildman–Crippen LogP) is 0.972. The van der Waals surface area contributed by atoms with E-state index in [4.69, 9.17) is 4.74 Å². The van der Waals surface area contributed by atoms with Crippen LogP contribution in [0.4, 0.5) is 0 Å². The molecule has 0 aromatic carbocycles. The molecular weight excluding hydrogens is 166 g/mol. The number of rotatable bonds is 7. The van der Waals surface area contributed by atoms with Crippen LogP contribution in [0.25, 0.3) is 0 Å². The zero-order chi connectivity index (χ0) is 10.3. The summed E-state index contributed by atoms with van der Waals surface area (Å²) in [5.74, 6) is 0.635. The summed E-state index contributed by atoms with van der Waals surface area (Å²) in [6.07, 6.45) is -0.254. The van der Waals surface area contributed by atoms with Crippen LogP contribution < -0.4 is 0 Å². The Morgan fingerprint density at radius 2 is 1.85 bits per heavy atom. The van der Waals surface area contributed by atoms with E-state index in [-0.39, 0.29) is 6.10 Å². The number of hydrogen-bond donors (Lipinski definition) is 1. The van der Waals surface area contributed by atoms with Gasteiger partial charge in [-0.3, -0.25) is 4.90 Å². The van der Waals surface area contributed by atoms with E-state index in [1.165, 1.54) is 0 Å². The molecule has 0 spiro atoms. The first-order valence-corrected chi connectivity index (χ1v) is 4.95. The summed E-state index contributed by atoms with van der Waals surface area (Å²) in [5.41, 5.74) is 0. The van der Waals surface area contributed by atoms with E-state index in [2.05, 4.69) is 18.7 Å². The van der Waals surface area contributed by atoms with Gasteiger partial charge in [-0.15, -0.1) is 0 Å². The highest BCUT2D eigenvalue weighted by atomic mass is 16.5. The van der Waals surface area contributed by atoms with Gasteiger partial charge in [-0.25, -0.2) is 0 Å². The Bertz CT molecular complexity index is 105. The summed E-state index contributed by atoms with van der Waals surface area (Å²) in [5, 5.41) is 9.25. The lowest BCUT2D eigenvalue weighted by Crippen LogP contribution is -2.36. The van der Waals surface area contributed by atoms with Gasteiger partial charge < -0.3 is 9.84 Å². The van der Waals surface area contributed by atoms with Gasteiger partial charge in [0.05, 0.1) is 12.7 Å². The molecule has 0 bridgehead atoms. The first-order chi connectivity index (χ1) is 6.06. The van der Waals surface area contributed by atoms with Crippen molar-refractivity contribution in [2.75, 3.05) is 33.4 Å². The Hall–Kier alpha value is -0.120. The maximum Gasteiger partial charge on any atom is 0.0639 e. The van der Waals surface area contributed by atoms with E-state index in [0.717, 1.165) is 26.2 Å². The predicted molar refractivity (Wildman–Crippen MR) is 54.8 cm³/mol. The summed E-state index contributed by atoms with van der Waals surface area (Å²) in [4.78, 5) is 2.23. The lowest BCUT2D eigenvalue weighted by Gasteiger charge is -2.24. The molecule has 0 aromatic rings. The van der Waals surface area contributed by atoms with E-state index in [1.807, 2.05) is 6.92 Å².